The van der Waals surface area contributed by atoms with Gasteiger partial charge in [-0.15, -0.1) is 0 Å². The molecule has 0 heterocycles. The molecule has 0 aliphatic rings. The summed E-state index contributed by atoms with van der Waals surface area (Å²) in [6.45, 7) is 21.6. The number of carbonyl (C=O) groups excluding carboxylic acids is 3. The Bertz CT molecular complexity index is 1190. The first-order valence-electron chi connectivity index (χ1n) is 15.3. The second-order valence-corrected chi connectivity index (χ2v) is 13.5. The van der Waals surface area contributed by atoms with E-state index in [1.807, 2.05) is 84.0 Å². The van der Waals surface area contributed by atoms with Crippen molar-refractivity contribution >= 4 is 23.6 Å². The van der Waals surface area contributed by atoms with Crippen LogP contribution in [0.4, 0.5) is 10.5 Å². The van der Waals surface area contributed by atoms with Crippen LogP contribution in [0.5, 0.6) is 0 Å². The fourth-order valence-corrected chi connectivity index (χ4v) is 5.12. The van der Waals surface area contributed by atoms with Gasteiger partial charge in [0.15, 0.2) is 0 Å². The molecule has 42 heavy (non-hydrogen) atoms. The third-order valence-electron chi connectivity index (χ3n) is 7.20. The molecule has 0 aliphatic heterocycles. The largest absolute Gasteiger partial charge is 0.444 e. The summed E-state index contributed by atoms with van der Waals surface area (Å²) >= 11 is 0. The predicted octanol–water partition coefficient (Wildman–Crippen LogP) is 7.88. The van der Waals surface area contributed by atoms with E-state index >= 15 is 0 Å². The summed E-state index contributed by atoms with van der Waals surface area (Å²) in [6.07, 6.45) is 1.36. The Morgan fingerprint density at radius 2 is 1.45 bits per heavy atom. The topological polar surface area (TPSA) is 87.7 Å². The third-order valence-corrected chi connectivity index (χ3v) is 7.20. The highest BCUT2D eigenvalue weighted by Gasteiger charge is 2.39. The maximum Gasteiger partial charge on any atom is 0.408 e. The SMILES string of the molecule is Cc1cccc(C(C(=O)Nc2c(C)cccc2C)N(C(=O)C(CC(C)C)NC(=O)OC(C)(C)C)C(C)CCC(C)C)c1. The number of alkyl carbamates (subject to hydrolysis) is 1. The minimum atomic E-state index is -0.909. The van der Waals surface area contributed by atoms with Crippen molar-refractivity contribution in [1.82, 2.24) is 10.2 Å². The van der Waals surface area contributed by atoms with Crippen LogP contribution in [0.3, 0.4) is 0 Å². The van der Waals surface area contributed by atoms with Crippen molar-refractivity contribution in [3.63, 3.8) is 0 Å². The summed E-state index contributed by atoms with van der Waals surface area (Å²) in [4.78, 5) is 43.6. The Labute approximate surface area is 253 Å². The lowest BCUT2D eigenvalue weighted by atomic mass is 9.94. The summed E-state index contributed by atoms with van der Waals surface area (Å²) in [5.41, 5.74) is 3.64. The van der Waals surface area contributed by atoms with Crippen LogP contribution in [-0.4, -0.2) is 40.5 Å². The van der Waals surface area contributed by atoms with Gasteiger partial charge in [-0.3, -0.25) is 9.59 Å². The second kappa shape index (κ2) is 15.2. The lowest BCUT2D eigenvalue weighted by molar-refractivity contribution is -0.144. The van der Waals surface area contributed by atoms with Crippen molar-refractivity contribution in [2.45, 2.75) is 119 Å². The average molecular weight is 580 g/mol. The number of rotatable bonds is 12. The first-order valence-corrected chi connectivity index (χ1v) is 15.3. The molecule has 7 nitrogen and oxygen atoms in total. The molecule has 3 amide bonds. The molecule has 0 saturated heterocycles. The van der Waals surface area contributed by atoms with Gasteiger partial charge in [-0.25, -0.2) is 4.79 Å². The Morgan fingerprint density at radius 1 is 0.857 bits per heavy atom. The molecule has 0 aliphatic carbocycles. The zero-order chi connectivity index (χ0) is 31.8. The van der Waals surface area contributed by atoms with E-state index in [1.165, 1.54) is 0 Å². The number of ether oxygens (including phenoxy) is 1. The molecular formula is C35H53N3O4. The maximum absolute atomic E-state index is 14.6. The highest BCUT2D eigenvalue weighted by atomic mass is 16.6. The van der Waals surface area contributed by atoms with Crippen molar-refractivity contribution in [3.8, 4) is 0 Å². The molecule has 2 N–H and O–H groups in total. The van der Waals surface area contributed by atoms with Gasteiger partial charge in [0.1, 0.15) is 17.7 Å². The van der Waals surface area contributed by atoms with Gasteiger partial charge in [-0.1, -0.05) is 75.7 Å². The Morgan fingerprint density at radius 3 is 1.98 bits per heavy atom. The van der Waals surface area contributed by atoms with E-state index in [2.05, 4.69) is 24.5 Å². The van der Waals surface area contributed by atoms with Crippen LogP contribution in [0.15, 0.2) is 42.5 Å². The zero-order valence-electron chi connectivity index (χ0n) is 27.6. The van der Waals surface area contributed by atoms with Gasteiger partial charge in [0, 0.05) is 11.7 Å². The number of benzene rings is 2. The predicted molar refractivity (Wildman–Crippen MR) is 171 cm³/mol. The molecule has 3 unspecified atom stereocenters. The molecule has 0 fully saturated rings. The molecule has 7 heteroatoms. The van der Waals surface area contributed by atoms with Crippen LogP contribution in [-0.2, 0) is 14.3 Å². The molecule has 0 saturated carbocycles. The quantitative estimate of drug-likeness (QED) is 0.268. The molecule has 0 aromatic heterocycles. The Hall–Kier alpha value is -3.35. The van der Waals surface area contributed by atoms with Gasteiger partial charge in [0.05, 0.1) is 0 Å². The third kappa shape index (κ3) is 10.5. The molecule has 0 spiro atoms. The van der Waals surface area contributed by atoms with Crippen molar-refractivity contribution in [2.24, 2.45) is 11.8 Å². The number of hydrogen-bond donors (Lipinski definition) is 2. The van der Waals surface area contributed by atoms with Crippen molar-refractivity contribution in [1.29, 1.82) is 0 Å². The summed E-state index contributed by atoms with van der Waals surface area (Å²) in [5.74, 6) is -0.0449. The first kappa shape index (κ1) is 34.8. The van der Waals surface area contributed by atoms with Crippen LogP contribution in [0.25, 0.3) is 0 Å². The fourth-order valence-electron chi connectivity index (χ4n) is 5.12. The van der Waals surface area contributed by atoms with Crippen LogP contribution >= 0.6 is 0 Å². The molecule has 2 rings (SSSR count). The lowest BCUT2D eigenvalue weighted by Gasteiger charge is -2.39. The standard InChI is InChI=1S/C35H53N3O4/c1-22(2)18-19-27(8)38(33(40)29(20-23(3)4)36-34(41)42-35(9,10)11)31(28-17-12-14-24(5)21-28)32(39)37-30-25(6)15-13-16-26(30)7/h12-17,21-23,27,29,31H,18-20H2,1-11H3,(H,36,41)(H,37,39). The van der Waals surface area contributed by atoms with Gasteiger partial charge in [0.25, 0.3) is 5.91 Å². The van der Waals surface area contributed by atoms with E-state index in [4.69, 9.17) is 4.74 Å². The molecule has 2 aromatic rings. The number of carbonyl (C=O) groups is 3. The van der Waals surface area contributed by atoms with E-state index in [1.54, 1.807) is 25.7 Å². The van der Waals surface area contributed by atoms with Gasteiger partial charge >= 0.3 is 6.09 Å². The minimum absolute atomic E-state index is 0.113. The second-order valence-electron chi connectivity index (χ2n) is 13.5. The summed E-state index contributed by atoms with van der Waals surface area (Å²) in [7, 11) is 0. The molecule has 2 aromatic carbocycles. The van der Waals surface area contributed by atoms with Crippen LogP contribution in [0.1, 0.15) is 103 Å². The fraction of sp³-hybridized carbons (Fsp3) is 0.571. The minimum Gasteiger partial charge on any atom is -0.444 e. The molecule has 0 radical (unpaired) electrons. The summed E-state index contributed by atoms with van der Waals surface area (Å²) < 4.78 is 5.53. The number of anilines is 1. The highest BCUT2D eigenvalue weighted by molar-refractivity contribution is 6.00. The van der Waals surface area contributed by atoms with Crippen LogP contribution in [0.2, 0.25) is 0 Å². The Kier molecular flexibility index (Phi) is 12.6. The van der Waals surface area contributed by atoms with Crippen molar-refractivity contribution in [3.05, 3.63) is 64.7 Å². The monoisotopic (exact) mass is 579 g/mol. The summed E-state index contributed by atoms with van der Waals surface area (Å²) in [6, 6.07) is 11.6. The summed E-state index contributed by atoms with van der Waals surface area (Å²) in [5, 5.41) is 6.00. The number of aryl methyl sites for hydroxylation is 3. The Balaban J connectivity index is 2.67. The van der Waals surface area contributed by atoms with Gasteiger partial charge in [-0.2, -0.15) is 0 Å². The van der Waals surface area contributed by atoms with Gasteiger partial charge < -0.3 is 20.3 Å². The number of hydrogen-bond acceptors (Lipinski definition) is 4. The highest BCUT2D eigenvalue weighted by Crippen LogP contribution is 2.31. The number of nitrogens with one attached hydrogen (secondary N) is 2. The normalized spacial score (nSPS) is 13.8. The van der Waals surface area contributed by atoms with Crippen molar-refractivity contribution in [2.75, 3.05) is 5.32 Å². The van der Waals surface area contributed by atoms with E-state index in [0.717, 1.165) is 34.4 Å². The van der Waals surface area contributed by atoms with Gasteiger partial charge in [0.2, 0.25) is 5.91 Å². The molecular weight excluding hydrogens is 526 g/mol. The molecule has 3 atom stereocenters. The number of para-hydroxylation sites is 1. The average Bonchev–Trinajstić information content (AvgIpc) is 2.85. The van der Waals surface area contributed by atoms with E-state index in [0.29, 0.717) is 18.8 Å². The van der Waals surface area contributed by atoms with Gasteiger partial charge in [-0.05, 0) is 96.3 Å². The van der Waals surface area contributed by atoms with E-state index in [9.17, 15) is 14.4 Å². The molecule has 0 bridgehead atoms. The van der Waals surface area contributed by atoms with Crippen LogP contribution in [0, 0.1) is 32.6 Å². The zero-order valence-corrected chi connectivity index (χ0v) is 27.6. The van der Waals surface area contributed by atoms with Crippen molar-refractivity contribution < 1.29 is 19.1 Å². The number of nitrogens with zero attached hydrogens (tertiary/aromatic N) is 1. The smallest absolute Gasteiger partial charge is 0.408 e. The molecule has 232 valence electrons. The number of amides is 3. The first-order chi connectivity index (χ1) is 19.5. The lowest BCUT2D eigenvalue weighted by Crippen LogP contribution is -2.55. The van der Waals surface area contributed by atoms with E-state index < -0.39 is 23.8 Å². The van der Waals surface area contributed by atoms with E-state index in [-0.39, 0.29) is 23.8 Å². The van der Waals surface area contributed by atoms with Crippen LogP contribution < -0.4 is 10.6 Å². The maximum atomic E-state index is 14.6.